The molecule has 0 fully saturated rings. The summed E-state index contributed by atoms with van der Waals surface area (Å²) in [6, 6.07) is 23.4. The normalized spacial score (nSPS) is 11.5. The Morgan fingerprint density at radius 1 is 1.05 bits per heavy atom. The van der Waals surface area contributed by atoms with Crippen molar-refractivity contribution in [1.82, 2.24) is 9.66 Å². The first-order chi connectivity index (χ1) is 19.9. The summed E-state index contributed by atoms with van der Waals surface area (Å²) in [7, 11) is 0. The summed E-state index contributed by atoms with van der Waals surface area (Å²) < 4.78 is 26.2. The summed E-state index contributed by atoms with van der Waals surface area (Å²) in [5, 5.41) is 17.4. The van der Waals surface area contributed by atoms with Gasteiger partial charge in [-0.15, -0.1) is 0 Å². The number of halogens is 2. The monoisotopic (exact) mass is 568 g/mol. The number of nitro groups is 1. The van der Waals surface area contributed by atoms with Crippen molar-refractivity contribution in [3.05, 3.63) is 133 Å². The predicted molar refractivity (Wildman–Crippen MR) is 153 cm³/mol. The van der Waals surface area contributed by atoms with Crippen molar-refractivity contribution in [2.75, 3.05) is 0 Å². The number of nitrogens with zero attached hydrogens (tertiary/aromatic N) is 4. The number of fused-ring (bicyclic) bond motifs is 2. The Bertz CT molecular complexity index is 2040. The number of furan rings is 1. The third-order valence-electron chi connectivity index (χ3n) is 6.28. The SMILES string of the molecule is O=c1c2ccccc2nc(-c2cc3cc(Cl)ccc3o2)n1N=Cc1cc([N+](=O)[O-])ccc1OCc1ccc(F)cc1. The zero-order valence-corrected chi connectivity index (χ0v) is 21.8. The minimum Gasteiger partial charge on any atom is -0.488 e. The van der Waals surface area contributed by atoms with Crippen LogP contribution < -0.4 is 10.3 Å². The molecule has 0 spiro atoms. The van der Waals surface area contributed by atoms with Crippen LogP contribution in [0.25, 0.3) is 33.5 Å². The average Bonchev–Trinajstić information content (AvgIpc) is 3.39. The molecule has 0 atom stereocenters. The van der Waals surface area contributed by atoms with Crippen molar-refractivity contribution in [3.8, 4) is 17.3 Å². The molecule has 0 saturated carbocycles. The van der Waals surface area contributed by atoms with Crippen molar-refractivity contribution in [1.29, 1.82) is 0 Å². The minimum absolute atomic E-state index is 0.0726. The molecule has 0 bridgehead atoms. The maximum Gasteiger partial charge on any atom is 0.282 e. The van der Waals surface area contributed by atoms with Crippen molar-refractivity contribution >= 4 is 45.4 Å². The van der Waals surface area contributed by atoms with Crippen LogP contribution in [0.2, 0.25) is 5.02 Å². The summed E-state index contributed by atoms with van der Waals surface area (Å²) in [6.07, 6.45) is 1.29. The highest BCUT2D eigenvalue weighted by Crippen LogP contribution is 2.29. The van der Waals surface area contributed by atoms with E-state index in [0.29, 0.717) is 32.5 Å². The van der Waals surface area contributed by atoms with Gasteiger partial charge in [0.1, 0.15) is 23.8 Å². The summed E-state index contributed by atoms with van der Waals surface area (Å²) in [4.78, 5) is 29.2. The van der Waals surface area contributed by atoms with Gasteiger partial charge in [0.25, 0.3) is 11.2 Å². The number of non-ortho nitro benzene ring substituents is 1. The Morgan fingerprint density at radius 3 is 2.66 bits per heavy atom. The van der Waals surface area contributed by atoms with Crippen LogP contribution in [0, 0.1) is 15.9 Å². The lowest BCUT2D eigenvalue weighted by atomic mass is 10.2. The number of aromatic nitrogens is 2. The Morgan fingerprint density at radius 2 is 1.85 bits per heavy atom. The van der Waals surface area contributed by atoms with Crippen LogP contribution in [0.15, 0.2) is 105 Å². The molecule has 202 valence electrons. The first-order valence-electron chi connectivity index (χ1n) is 12.3. The molecule has 6 aromatic rings. The lowest BCUT2D eigenvalue weighted by Crippen LogP contribution is -2.20. The van der Waals surface area contributed by atoms with Gasteiger partial charge in [0.2, 0.25) is 5.82 Å². The van der Waals surface area contributed by atoms with E-state index in [1.165, 1.54) is 36.5 Å². The molecule has 0 saturated heterocycles. The lowest BCUT2D eigenvalue weighted by molar-refractivity contribution is -0.384. The van der Waals surface area contributed by atoms with Crippen LogP contribution >= 0.6 is 11.6 Å². The van der Waals surface area contributed by atoms with Crippen molar-refractivity contribution < 1.29 is 18.5 Å². The van der Waals surface area contributed by atoms with Crippen molar-refractivity contribution in [2.24, 2.45) is 5.10 Å². The molecule has 0 amide bonds. The molecule has 9 nitrogen and oxygen atoms in total. The van der Waals surface area contributed by atoms with Crippen LogP contribution in [-0.4, -0.2) is 20.8 Å². The molecule has 11 heteroatoms. The van der Waals surface area contributed by atoms with Gasteiger partial charge in [0, 0.05) is 28.1 Å². The summed E-state index contributed by atoms with van der Waals surface area (Å²) in [5.74, 6) is 0.283. The highest BCUT2D eigenvalue weighted by molar-refractivity contribution is 6.31. The summed E-state index contributed by atoms with van der Waals surface area (Å²) in [5.41, 5.74) is 1.24. The number of nitro benzene ring substituents is 1. The van der Waals surface area contributed by atoms with E-state index in [1.54, 1.807) is 60.7 Å². The van der Waals surface area contributed by atoms with Gasteiger partial charge in [0.15, 0.2) is 5.76 Å². The highest BCUT2D eigenvalue weighted by Gasteiger charge is 2.17. The molecular weight excluding hydrogens is 551 g/mol. The van der Waals surface area contributed by atoms with Crippen LogP contribution in [0.5, 0.6) is 5.75 Å². The zero-order chi connectivity index (χ0) is 28.5. The quantitative estimate of drug-likeness (QED) is 0.117. The van der Waals surface area contributed by atoms with E-state index in [-0.39, 0.29) is 41.0 Å². The molecule has 0 aliphatic rings. The Kier molecular flexibility index (Phi) is 6.74. The molecule has 0 aliphatic carbocycles. The zero-order valence-electron chi connectivity index (χ0n) is 21.0. The minimum atomic E-state index is -0.546. The first-order valence-corrected chi connectivity index (χ1v) is 12.6. The summed E-state index contributed by atoms with van der Waals surface area (Å²) in [6.45, 7) is 0.0726. The van der Waals surface area contributed by atoms with E-state index in [1.807, 2.05) is 0 Å². The van der Waals surface area contributed by atoms with E-state index < -0.39 is 10.5 Å². The maximum atomic E-state index is 13.6. The number of hydrogen-bond acceptors (Lipinski definition) is 7. The number of hydrogen-bond donors (Lipinski definition) is 0. The van der Waals surface area contributed by atoms with Gasteiger partial charge in [-0.1, -0.05) is 35.9 Å². The second-order valence-electron chi connectivity index (χ2n) is 9.00. The molecule has 0 radical (unpaired) electrons. The molecule has 0 aliphatic heterocycles. The van der Waals surface area contributed by atoms with E-state index >= 15 is 0 Å². The standard InChI is InChI=1S/C30H18ClFN4O5/c31-21-7-11-27-19(13-21)15-28(41-27)29-34-25-4-2-1-3-24(25)30(37)35(29)33-16-20-14-23(36(38)39)10-12-26(20)40-17-18-5-8-22(32)9-6-18/h1-16H,17H2. The molecule has 6 rings (SSSR count). The fourth-order valence-corrected chi connectivity index (χ4v) is 4.44. The van der Waals surface area contributed by atoms with Gasteiger partial charge in [-0.3, -0.25) is 14.9 Å². The third kappa shape index (κ3) is 5.28. The van der Waals surface area contributed by atoms with Gasteiger partial charge in [0.05, 0.1) is 22.0 Å². The molecule has 2 aromatic heterocycles. The maximum absolute atomic E-state index is 13.6. The third-order valence-corrected chi connectivity index (χ3v) is 6.51. The number of ether oxygens (including phenoxy) is 1. The molecule has 4 aromatic carbocycles. The Labute approximate surface area is 235 Å². The van der Waals surface area contributed by atoms with Gasteiger partial charge in [-0.2, -0.15) is 9.78 Å². The second kappa shape index (κ2) is 10.7. The lowest BCUT2D eigenvalue weighted by Gasteiger charge is -2.10. The van der Waals surface area contributed by atoms with Crippen LogP contribution in [0.1, 0.15) is 11.1 Å². The van der Waals surface area contributed by atoms with E-state index in [0.717, 1.165) is 4.68 Å². The molecule has 41 heavy (non-hydrogen) atoms. The van der Waals surface area contributed by atoms with Crippen molar-refractivity contribution in [2.45, 2.75) is 6.61 Å². The molecule has 0 unspecified atom stereocenters. The molecule has 2 heterocycles. The smallest absolute Gasteiger partial charge is 0.282 e. The number of para-hydroxylation sites is 1. The number of benzene rings is 4. The predicted octanol–water partition coefficient (Wildman–Crippen LogP) is 6.97. The van der Waals surface area contributed by atoms with Crippen LogP contribution in [0.4, 0.5) is 10.1 Å². The fraction of sp³-hybridized carbons (Fsp3) is 0.0333. The fourth-order valence-electron chi connectivity index (χ4n) is 4.26. The summed E-state index contributed by atoms with van der Waals surface area (Å²) >= 11 is 6.14. The molecular formula is C30H18ClFN4O5. The number of rotatable bonds is 7. The topological polar surface area (TPSA) is 113 Å². The van der Waals surface area contributed by atoms with E-state index in [2.05, 4.69) is 10.1 Å². The van der Waals surface area contributed by atoms with Crippen molar-refractivity contribution in [3.63, 3.8) is 0 Å². The van der Waals surface area contributed by atoms with Crippen LogP contribution in [0.3, 0.4) is 0 Å². The van der Waals surface area contributed by atoms with Gasteiger partial charge in [-0.05, 0) is 60.2 Å². The molecule has 0 N–H and O–H groups in total. The average molecular weight is 569 g/mol. The Hall–Kier alpha value is -5.35. The second-order valence-corrected chi connectivity index (χ2v) is 9.44. The Balaban J connectivity index is 1.46. The first kappa shape index (κ1) is 25.9. The van der Waals surface area contributed by atoms with E-state index in [9.17, 15) is 19.3 Å². The highest BCUT2D eigenvalue weighted by atomic mass is 35.5. The van der Waals surface area contributed by atoms with E-state index in [4.69, 9.17) is 20.8 Å². The van der Waals surface area contributed by atoms with Gasteiger partial charge < -0.3 is 9.15 Å². The largest absolute Gasteiger partial charge is 0.488 e. The van der Waals surface area contributed by atoms with Gasteiger partial charge >= 0.3 is 0 Å². The van der Waals surface area contributed by atoms with Gasteiger partial charge in [-0.25, -0.2) is 9.37 Å². The van der Waals surface area contributed by atoms with Crippen LogP contribution in [-0.2, 0) is 6.61 Å².